The van der Waals surface area contributed by atoms with Gasteiger partial charge in [-0.3, -0.25) is 14.4 Å². The van der Waals surface area contributed by atoms with Gasteiger partial charge in [-0.05, 0) is 74.1 Å². The number of carbonyl (C=O) groups is 2. The Labute approximate surface area is 198 Å². The third kappa shape index (κ3) is 5.07. The number of pyridine rings is 1. The van der Waals surface area contributed by atoms with Crippen LogP contribution in [0.2, 0.25) is 0 Å². The minimum absolute atomic E-state index is 0.0687. The lowest BCUT2D eigenvalue weighted by Gasteiger charge is -2.32. The van der Waals surface area contributed by atoms with E-state index in [2.05, 4.69) is 16.4 Å². The quantitative estimate of drug-likeness (QED) is 0.618. The number of carbonyl (C=O) groups excluding carboxylic acids is 2. The van der Waals surface area contributed by atoms with E-state index in [0.717, 1.165) is 18.4 Å². The van der Waals surface area contributed by atoms with E-state index < -0.39 is 5.91 Å². The summed E-state index contributed by atoms with van der Waals surface area (Å²) in [5.41, 5.74) is 4.25. The predicted octanol–water partition coefficient (Wildman–Crippen LogP) is 4.14. The number of rotatable bonds is 4. The van der Waals surface area contributed by atoms with Crippen molar-refractivity contribution in [1.29, 1.82) is 5.26 Å². The zero-order chi connectivity index (χ0) is 24.2. The van der Waals surface area contributed by atoms with E-state index in [9.17, 15) is 14.4 Å². The van der Waals surface area contributed by atoms with Gasteiger partial charge in [0, 0.05) is 41.7 Å². The van der Waals surface area contributed by atoms with Crippen LogP contribution in [0.15, 0.2) is 59.4 Å². The number of anilines is 1. The summed E-state index contributed by atoms with van der Waals surface area (Å²) < 4.78 is 0. The minimum atomic E-state index is -0.398. The van der Waals surface area contributed by atoms with Crippen LogP contribution in [-0.2, 0) is 0 Å². The molecule has 0 bridgehead atoms. The van der Waals surface area contributed by atoms with E-state index in [1.807, 2.05) is 42.2 Å². The molecule has 2 N–H and O–H groups in total. The first-order valence-electron chi connectivity index (χ1n) is 11.3. The van der Waals surface area contributed by atoms with Crippen LogP contribution >= 0.6 is 0 Å². The summed E-state index contributed by atoms with van der Waals surface area (Å²) in [6.07, 6.45) is 1.71. The fraction of sp³-hybridized carbons (Fsp3) is 0.259. The van der Waals surface area contributed by atoms with Gasteiger partial charge in [0.2, 0.25) is 5.56 Å². The van der Waals surface area contributed by atoms with Crippen LogP contribution < -0.4 is 10.9 Å². The summed E-state index contributed by atoms with van der Waals surface area (Å²) in [6.45, 7) is 4.86. The molecule has 1 fully saturated rings. The Kier molecular flexibility index (Phi) is 6.60. The van der Waals surface area contributed by atoms with Crippen LogP contribution in [-0.4, -0.2) is 34.8 Å². The molecule has 7 nitrogen and oxygen atoms in total. The number of amides is 2. The summed E-state index contributed by atoms with van der Waals surface area (Å²) in [5.74, 6) is -0.104. The molecule has 0 radical (unpaired) electrons. The van der Waals surface area contributed by atoms with Crippen molar-refractivity contribution in [2.75, 3.05) is 18.4 Å². The van der Waals surface area contributed by atoms with Crippen molar-refractivity contribution in [3.8, 4) is 6.07 Å². The van der Waals surface area contributed by atoms with E-state index in [1.165, 1.54) is 11.6 Å². The van der Waals surface area contributed by atoms with Crippen molar-refractivity contribution in [1.82, 2.24) is 9.88 Å². The Morgan fingerprint density at radius 1 is 1.00 bits per heavy atom. The number of aromatic nitrogens is 1. The van der Waals surface area contributed by atoms with Gasteiger partial charge < -0.3 is 15.2 Å². The van der Waals surface area contributed by atoms with Crippen LogP contribution in [0.5, 0.6) is 0 Å². The number of nitrogens with one attached hydrogen (secondary N) is 2. The average molecular weight is 455 g/mol. The second kappa shape index (κ2) is 9.75. The van der Waals surface area contributed by atoms with Crippen LogP contribution in [0.25, 0.3) is 0 Å². The number of nitrogens with zero attached hydrogens (tertiary/aromatic N) is 2. The molecule has 1 aromatic heterocycles. The molecular formula is C27H26N4O3. The highest BCUT2D eigenvalue weighted by Gasteiger charge is 2.25. The van der Waals surface area contributed by atoms with E-state index in [1.54, 1.807) is 25.1 Å². The van der Waals surface area contributed by atoms with Crippen molar-refractivity contribution in [2.45, 2.75) is 32.6 Å². The number of aryl methyl sites for hydroxylation is 2. The summed E-state index contributed by atoms with van der Waals surface area (Å²) in [6, 6.07) is 18.0. The zero-order valence-electron chi connectivity index (χ0n) is 19.2. The number of nitriles is 1. The molecule has 3 aromatic rings. The Bertz CT molecular complexity index is 1330. The highest BCUT2D eigenvalue weighted by atomic mass is 16.2. The third-order valence-electron chi connectivity index (χ3n) is 6.27. The molecule has 1 aliphatic rings. The van der Waals surface area contributed by atoms with Crippen molar-refractivity contribution < 1.29 is 9.59 Å². The largest absolute Gasteiger partial charge is 0.339 e. The number of aromatic amines is 1. The maximum atomic E-state index is 13.2. The van der Waals surface area contributed by atoms with Crippen molar-refractivity contribution in [2.24, 2.45) is 0 Å². The van der Waals surface area contributed by atoms with Gasteiger partial charge in [0.1, 0.15) is 0 Å². The number of likely N-dealkylation sites (tertiary alicyclic amines) is 1. The van der Waals surface area contributed by atoms with Crippen LogP contribution in [0.3, 0.4) is 0 Å². The molecule has 0 unspecified atom stereocenters. The van der Waals surface area contributed by atoms with E-state index in [-0.39, 0.29) is 17.0 Å². The first-order valence-corrected chi connectivity index (χ1v) is 11.3. The first kappa shape index (κ1) is 23.0. The summed E-state index contributed by atoms with van der Waals surface area (Å²) in [5, 5.41) is 11.8. The van der Waals surface area contributed by atoms with Gasteiger partial charge in [-0.15, -0.1) is 0 Å². The Morgan fingerprint density at radius 3 is 2.35 bits per heavy atom. The Balaban J connectivity index is 1.44. The van der Waals surface area contributed by atoms with E-state index in [4.69, 9.17) is 5.26 Å². The molecular weight excluding hydrogens is 428 g/mol. The Morgan fingerprint density at radius 2 is 1.71 bits per heavy atom. The van der Waals surface area contributed by atoms with Crippen molar-refractivity contribution in [3.05, 3.63) is 98.5 Å². The first-order chi connectivity index (χ1) is 16.3. The van der Waals surface area contributed by atoms with Crippen molar-refractivity contribution in [3.63, 3.8) is 0 Å². The van der Waals surface area contributed by atoms with Crippen LogP contribution in [0.4, 0.5) is 5.69 Å². The molecule has 0 atom stereocenters. The van der Waals surface area contributed by atoms with Crippen LogP contribution in [0.1, 0.15) is 61.9 Å². The lowest BCUT2D eigenvalue weighted by Crippen LogP contribution is -2.38. The maximum Gasteiger partial charge on any atom is 0.255 e. The number of hydrogen-bond donors (Lipinski definition) is 2. The fourth-order valence-electron chi connectivity index (χ4n) is 4.33. The molecule has 4 rings (SSSR count). The molecule has 1 aliphatic heterocycles. The standard InChI is InChI=1S/C27H26N4O3/c1-17-3-6-22(14-24(17)30-26(33)23-13-18(2)29-25(32)15-23)27(34)31-11-9-21(10-12-31)20-7-4-19(16-28)5-8-20/h3-8,13-15,21H,9-12H2,1-2H3,(H,29,32)(H,30,33). The smallest absolute Gasteiger partial charge is 0.255 e. The fourth-order valence-corrected chi connectivity index (χ4v) is 4.33. The molecule has 34 heavy (non-hydrogen) atoms. The van der Waals surface area contributed by atoms with Gasteiger partial charge in [-0.2, -0.15) is 5.26 Å². The van der Waals surface area contributed by atoms with Crippen LogP contribution in [0, 0.1) is 25.2 Å². The zero-order valence-corrected chi connectivity index (χ0v) is 19.2. The molecule has 0 saturated carbocycles. The molecule has 0 spiro atoms. The monoisotopic (exact) mass is 454 g/mol. The average Bonchev–Trinajstić information content (AvgIpc) is 2.84. The van der Waals surface area contributed by atoms with Gasteiger partial charge in [-0.25, -0.2) is 0 Å². The number of hydrogen-bond acceptors (Lipinski definition) is 4. The molecule has 1 saturated heterocycles. The van der Waals surface area contributed by atoms with E-state index in [0.29, 0.717) is 41.5 Å². The number of piperidine rings is 1. The number of H-pyrrole nitrogens is 1. The highest BCUT2D eigenvalue weighted by Crippen LogP contribution is 2.29. The van der Waals surface area contributed by atoms with Gasteiger partial charge in [0.15, 0.2) is 0 Å². The molecule has 2 aromatic carbocycles. The molecule has 0 aliphatic carbocycles. The third-order valence-corrected chi connectivity index (χ3v) is 6.27. The van der Waals surface area contributed by atoms with Gasteiger partial charge >= 0.3 is 0 Å². The summed E-state index contributed by atoms with van der Waals surface area (Å²) in [4.78, 5) is 42.0. The Hall–Kier alpha value is -4.18. The molecule has 2 amide bonds. The minimum Gasteiger partial charge on any atom is -0.339 e. The van der Waals surface area contributed by atoms with Gasteiger partial charge in [0.05, 0.1) is 11.6 Å². The highest BCUT2D eigenvalue weighted by molar-refractivity contribution is 6.05. The summed E-state index contributed by atoms with van der Waals surface area (Å²) in [7, 11) is 0. The van der Waals surface area contributed by atoms with Crippen molar-refractivity contribution >= 4 is 17.5 Å². The second-order valence-corrected chi connectivity index (χ2v) is 8.70. The normalized spacial score (nSPS) is 13.9. The number of benzene rings is 2. The van der Waals surface area contributed by atoms with E-state index >= 15 is 0 Å². The van der Waals surface area contributed by atoms with Gasteiger partial charge in [0.25, 0.3) is 11.8 Å². The summed E-state index contributed by atoms with van der Waals surface area (Å²) >= 11 is 0. The lowest BCUT2D eigenvalue weighted by atomic mass is 9.89. The van der Waals surface area contributed by atoms with Gasteiger partial charge in [-0.1, -0.05) is 18.2 Å². The molecule has 172 valence electrons. The predicted molar refractivity (Wildman–Crippen MR) is 130 cm³/mol. The molecule has 7 heteroatoms. The molecule has 2 heterocycles. The maximum absolute atomic E-state index is 13.2. The topological polar surface area (TPSA) is 106 Å². The second-order valence-electron chi connectivity index (χ2n) is 8.70. The lowest BCUT2D eigenvalue weighted by molar-refractivity contribution is 0.0712. The SMILES string of the molecule is Cc1cc(C(=O)Nc2cc(C(=O)N3CCC(c4ccc(C#N)cc4)CC3)ccc2C)cc(=O)[nH]1.